The largest absolute Gasteiger partial charge is 0.479 e. The Morgan fingerprint density at radius 3 is 2.38 bits per heavy atom. The van der Waals surface area contributed by atoms with E-state index in [-0.39, 0.29) is 29.5 Å². The monoisotopic (exact) mass is 404 g/mol. The third-order valence-corrected chi connectivity index (χ3v) is 4.36. The molecule has 0 aliphatic rings. The van der Waals surface area contributed by atoms with Gasteiger partial charge in [-0.15, -0.1) is 0 Å². The lowest BCUT2D eigenvalue weighted by molar-refractivity contribution is -0.139. The van der Waals surface area contributed by atoms with Crippen LogP contribution >= 0.6 is 0 Å². The van der Waals surface area contributed by atoms with Crippen LogP contribution in [0.15, 0.2) is 54.6 Å². The number of halogens is 4. The molecule has 0 atom stereocenters. The van der Waals surface area contributed by atoms with E-state index in [2.05, 4.69) is 0 Å². The molecule has 150 valence electrons. The highest BCUT2D eigenvalue weighted by atomic mass is 19.1. The Bertz CT molecular complexity index is 1050. The Hall–Kier alpha value is -3.35. The van der Waals surface area contributed by atoms with Crippen LogP contribution in [0.3, 0.4) is 0 Å². The standard InChI is InChI=1S/C22H16F4O3/c23-15-5-1-4-14(11-15)16-6-2-3-13(21(16)25)7-8-17-18(24)9-10-19(22(17)26)29-12-20(27)28/h1-6,9-11H,7-8,12H2,(H,27,28). The molecule has 1 N–H and O–H groups in total. The number of hydrogen-bond acceptors (Lipinski definition) is 2. The molecule has 0 unspecified atom stereocenters. The van der Waals surface area contributed by atoms with E-state index in [1.54, 1.807) is 12.1 Å². The highest BCUT2D eigenvalue weighted by molar-refractivity contribution is 5.68. The molecule has 0 saturated carbocycles. The van der Waals surface area contributed by atoms with E-state index in [0.29, 0.717) is 5.56 Å². The Balaban J connectivity index is 1.84. The third kappa shape index (κ3) is 4.74. The van der Waals surface area contributed by atoms with Gasteiger partial charge in [-0.2, -0.15) is 0 Å². The summed E-state index contributed by atoms with van der Waals surface area (Å²) in [5.74, 6) is -4.66. The minimum atomic E-state index is -1.30. The molecule has 0 aromatic heterocycles. The number of benzene rings is 3. The van der Waals surface area contributed by atoms with Crippen LogP contribution in [-0.2, 0) is 17.6 Å². The van der Waals surface area contributed by atoms with Crippen LogP contribution in [-0.4, -0.2) is 17.7 Å². The first kappa shape index (κ1) is 20.4. The van der Waals surface area contributed by atoms with Crippen molar-refractivity contribution >= 4 is 5.97 Å². The van der Waals surface area contributed by atoms with Gasteiger partial charge in [0.25, 0.3) is 0 Å². The molecule has 0 saturated heterocycles. The normalized spacial score (nSPS) is 10.8. The van der Waals surface area contributed by atoms with Gasteiger partial charge >= 0.3 is 5.97 Å². The quantitative estimate of drug-likeness (QED) is 0.554. The van der Waals surface area contributed by atoms with Gasteiger partial charge in [0.2, 0.25) is 0 Å². The lowest BCUT2D eigenvalue weighted by atomic mass is 9.97. The zero-order chi connectivity index (χ0) is 21.0. The van der Waals surface area contributed by atoms with E-state index < -0.39 is 41.6 Å². The molecular formula is C22H16F4O3. The number of carboxylic acid groups (broad SMARTS) is 1. The number of ether oxygens (including phenoxy) is 1. The molecule has 0 aliphatic heterocycles. The van der Waals surface area contributed by atoms with Crippen LogP contribution in [0.2, 0.25) is 0 Å². The molecule has 3 aromatic rings. The lowest BCUT2D eigenvalue weighted by Gasteiger charge is -2.12. The smallest absolute Gasteiger partial charge is 0.341 e. The molecule has 0 aliphatic carbocycles. The summed E-state index contributed by atoms with van der Waals surface area (Å²) in [4.78, 5) is 10.6. The second-order valence-electron chi connectivity index (χ2n) is 6.31. The van der Waals surface area contributed by atoms with E-state index in [9.17, 15) is 22.4 Å². The van der Waals surface area contributed by atoms with E-state index in [0.717, 1.165) is 12.1 Å². The third-order valence-electron chi connectivity index (χ3n) is 4.36. The van der Waals surface area contributed by atoms with Crippen molar-refractivity contribution in [3.63, 3.8) is 0 Å². The number of carboxylic acids is 1. The van der Waals surface area contributed by atoms with Crippen LogP contribution in [0.1, 0.15) is 11.1 Å². The van der Waals surface area contributed by atoms with Crippen molar-refractivity contribution in [3.8, 4) is 16.9 Å². The minimum Gasteiger partial charge on any atom is -0.479 e. The second kappa shape index (κ2) is 8.77. The van der Waals surface area contributed by atoms with Gasteiger partial charge in [-0.25, -0.2) is 22.4 Å². The number of carbonyl (C=O) groups is 1. The van der Waals surface area contributed by atoms with Crippen LogP contribution < -0.4 is 4.74 Å². The van der Waals surface area contributed by atoms with Crippen LogP contribution in [0.25, 0.3) is 11.1 Å². The summed E-state index contributed by atoms with van der Waals surface area (Å²) in [5, 5.41) is 8.62. The summed E-state index contributed by atoms with van der Waals surface area (Å²) in [6.07, 6.45) is -0.198. The molecule has 0 spiro atoms. The zero-order valence-corrected chi connectivity index (χ0v) is 15.1. The molecule has 0 heterocycles. The minimum absolute atomic E-state index is 0.0226. The van der Waals surface area contributed by atoms with E-state index in [1.165, 1.54) is 30.3 Å². The van der Waals surface area contributed by atoms with Gasteiger partial charge in [0.15, 0.2) is 18.2 Å². The molecule has 0 radical (unpaired) electrons. The van der Waals surface area contributed by atoms with Crippen molar-refractivity contribution in [2.75, 3.05) is 6.61 Å². The average molecular weight is 404 g/mol. The fourth-order valence-corrected chi connectivity index (χ4v) is 2.97. The summed E-state index contributed by atoms with van der Waals surface area (Å²) in [5.41, 5.74) is 0.415. The highest BCUT2D eigenvalue weighted by Crippen LogP contribution is 2.28. The van der Waals surface area contributed by atoms with Gasteiger partial charge in [-0.05, 0) is 48.2 Å². The topological polar surface area (TPSA) is 46.5 Å². The first-order valence-electron chi connectivity index (χ1n) is 8.71. The van der Waals surface area contributed by atoms with Gasteiger partial charge in [-0.1, -0.05) is 30.3 Å². The van der Waals surface area contributed by atoms with Crippen molar-refractivity contribution in [2.24, 2.45) is 0 Å². The number of rotatable bonds is 7. The molecular weight excluding hydrogens is 388 g/mol. The predicted octanol–water partition coefficient (Wildman–Crippen LogP) is 5.16. The molecule has 3 nitrogen and oxygen atoms in total. The van der Waals surface area contributed by atoms with Gasteiger partial charge in [0.05, 0.1) is 0 Å². The molecule has 3 rings (SSSR count). The fourth-order valence-electron chi connectivity index (χ4n) is 2.97. The molecule has 7 heteroatoms. The first-order chi connectivity index (χ1) is 13.9. The van der Waals surface area contributed by atoms with Gasteiger partial charge in [-0.3, -0.25) is 0 Å². The molecule has 0 amide bonds. The summed E-state index contributed by atoms with van der Waals surface area (Å²) < 4.78 is 61.7. The number of hydrogen-bond donors (Lipinski definition) is 1. The maximum Gasteiger partial charge on any atom is 0.341 e. The van der Waals surface area contributed by atoms with Crippen molar-refractivity contribution in [1.82, 2.24) is 0 Å². The highest BCUT2D eigenvalue weighted by Gasteiger charge is 2.17. The Labute approximate surface area is 164 Å². The summed E-state index contributed by atoms with van der Waals surface area (Å²) in [6.45, 7) is -0.772. The van der Waals surface area contributed by atoms with Crippen LogP contribution in [0.5, 0.6) is 5.75 Å². The van der Waals surface area contributed by atoms with Crippen molar-refractivity contribution < 1.29 is 32.2 Å². The fraction of sp³-hybridized carbons (Fsp3) is 0.136. The van der Waals surface area contributed by atoms with Gasteiger partial charge < -0.3 is 9.84 Å². The van der Waals surface area contributed by atoms with Crippen molar-refractivity contribution in [3.05, 3.63) is 89.0 Å². The molecule has 29 heavy (non-hydrogen) atoms. The average Bonchev–Trinajstić information content (AvgIpc) is 2.68. The number of aryl methyl sites for hydroxylation is 1. The van der Waals surface area contributed by atoms with Crippen molar-refractivity contribution in [2.45, 2.75) is 12.8 Å². The van der Waals surface area contributed by atoms with Crippen LogP contribution in [0, 0.1) is 23.3 Å². The summed E-state index contributed by atoms with van der Waals surface area (Å²) >= 11 is 0. The SMILES string of the molecule is O=C(O)COc1ccc(F)c(CCc2cccc(-c3cccc(F)c3)c2F)c1F. The van der Waals surface area contributed by atoms with Crippen molar-refractivity contribution in [1.29, 1.82) is 0 Å². The first-order valence-corrected chi connectivity index (χ1v) is 8.71. The Morgan fingerprint density at radius 1 is 0.897 bits per heavy atom. The lowest BCUT2D eigenvalue weighted by Crippen LogP contribution is -2.11. The van der Waals surface area contributed by atoms with Gasteiger partial charge in [0.1, 0.15) is 17.5 Å². The summed E-state index contributed by atoms with van der Waals surface area (Å²) in [7, 11) is 0. The van der Waals surface area contributed by atoms with E-state index >= 15 is 0 Å². The Morgan fingerprint density at radius 2 is 1.66 bits per heavy atom. The van der Waals surface area contributed by atoms with E-state index in [1.807, 2.05) is 0 Å². The Kier molecular flexibility index (Phi) is 6.16. The summed E-state index contributed by atoms with van der Waals surface area (Å²) in [6, 6.07) is 12.0. The number of aliphatic carboxylic acids is 1. The van der Waals surface area contributed by atoms with Crippen LogP contribution in [0.4, 0.5) is 17.6 Å². The predicted molar refractivity (Wildman–Crippen MR) is 98.7 cm³/mol. The zero-order valence-electron chi connectivity index (χ0n) is 15.1. The van der Waals surface area contributed by atoms with Gasteiger partial charge in [0, 0.05) is 11.1 Å². The molecule has 0 bridgehead atoms. The molecule has 3 aromatic carbocycles. The molecule has 0 fully saturated rings. The second-order valence-corrected chi connectivity index (χ2v) is 6.31. The van der Waals surface area contributed by atoms with E-state index in [4.69, 9.17) is 9.84 Å². The maximum absolute atomic E-state index is 14.9. The maximum atomic E-state index is 14.9.